The van der Waals surface area contributed by atoms with Crippen LogP contribution < -0.4 is 5.32 Å². The predicted molar refractivity (Wildman–Crippen MR) is 84.1 cm³/mol. The summed E-state index contributed by atoms with van der Waals surface area (Å²) in [5, 5.41) is 3.05. The molecule has 1 saturated heterocycles. The molecule has 21 heavy (non-hydrogen) atoms. The summed E-state index contributed by atoms with van der Waals surface area (Å²) < 4.78 is 14.0. The molecule has 1 aromatic rings. The third kappa shape index (κ3) is 3.55. The van der Waals surface area contributed by atoms with Gasteiger partial charge in [0.05, 0.1) is 11.3 Å². The fourth-order valence-electron chi connectivity index (χ4n) is 2.86. The molecule has 1 aliphatic heterocycles. The normalized spacial score (nSPS) is 22.2. The first kappa shape index (κ1) is 15.8. The summed E-state index contributed by atoms with van der Waals surface area (Å²) in [5.41, 5.74) is 0.791. The van der Waals surface area contributed by atoms with Crippen molar-refractivity contribution >= 4 is 11.6 Å². The standard InChI is InChI=1S/C17H25FN2O/c1-4-10-19-16-14(6-5-7-15(16)18)17(21)20-11-12(2)8-9-13(20)3/h5-7,12-13,19H,4,8-11H2,1-3H3. The topological polar surface area (TPSA) is 32.3 Å². The van der Waals surface area contributed by atoms with Gasteiger partial charge in [-0.25, -0.2) is 4.39 Å². The summed E-state index contributed by atoms with van der Waals surface area (Å²) in [6, 6.07) is 4.94. The highest BCUT2D eigenvalue weighted by Gasteiger charge is 2.29. The molecule has 1 aliphatic rings. The van der Waals surface area contributed by atoms with Crippen LogP contribution in [0.4, 0.5) is 10.1 Å². The van der Waals surface area contributed by atoms with E-state index in [0.717, 1.165) is 25.8 Å². The van der Waals surface area contributed by atoms with Crippen molar-refractivity contribution in [2.45, 2.75) is 46.1 Å². The highest BCUT2D eigenvalue weighted by atomic mass is 19.1. The first-order valence-electron chi connectivity index (χ1n) is 7.88. The van der Waals surface area contributed by atoms with Gasteiger partial charge in [0, 0.05) is 19.1 Å². The lowest BCUT2D eigenvalue weighted by Gasteiger charge is -2.37. The zero-order valence-electron chi connectivity index (χ0n) is 13.2. The van der Waals surface area contributed by atoms with Gasteiger partial charge in [0.1, 0.15) is 5.82 Å². The lowest BCUT2D eigenvalue weighted by molar-refractivity contribution is 0.0574. The number of rotatable bonds is 4. The van der Waals surface area contributed by atoms with Gasteiger partial charge in [0.25, 0.3) is 5.91 Å². The molecule has 0 aromatic heterocycles. The van der Waals surface area contributed by atoms with E-state index >= 15 is 0 Å². The van der Waals surface area contributed by atoms with Gasteiger partial charge < -0.3 is 10.2 Å². The first-order chi connectivity index (χ1) is 10.0. The molecule has 0 saturated carbocycles. The molecule has 0 bridgehead atoms. The fourth-order valence-corrected chi connectivity index (χ4v) is 2.86. The minimum atomic E-state index is -0.355. The second-order valence-electron chi connectivity index (χ2n) is 6.08. The smallest absolute Gasteiger partial charge is 0.256 e. The average molecular weight is 292 g/mol. The van der Waals surface area contributed by atoms with Crippen molar-refractivity contribution in [2.75, 3.05) is 18.4 Å². The van der Waals surface area contributed by atoms with Crippen LogP contribution in [-0.4, -0.2) is 29.9 Å². The summed E-state index contributed by atoms with van der Waals surface area (Å²) in [4.78, 5) is 14.7. The van der Waals surface area contributed by atoms with Gasteiger partial charge in [-0.15, -0.1) is 0 Å². The van der Waals surface area contributed by atoms with Gasteiger partial charge in [-0.05, 0) is 44.2 Å². The molecule has 3 nitrogen and oxygen atoms in total. The molecule has 2 rings (SSSR count). The lowest BCUT2D eigenvalue weighted by atomic mass is 9.94. The fraction of sp³-hybridized carbons (Fsp3) is 0.588. The number of hydrogen-bond donors (Lipinski definition) is 1. The Balaban J connectivity index is 2.27. The van der Waals surface area contributed by atoms with Gasteiger partial charge in [-0.2, -0.15) is 0 Å². The number of benzene rings is 1. The van der Waals surface area contributed by atoms with Crippen molar-refractivity contribution in [1.82, 2.24) is 4.90 Å². The van der Waals surface area contributed by atoms with Crippen LogP contribution in [-0.2, 0) is 0 Å². The summed E-state index contributed by atoms with van der Waals surface area (Å²) in [6.07, 6.45) is 3.05. The summed E-state index contributed by atoms with van der Waals surface area (Å²) in [6.45, 7) is 7.66. The zero-order chi connectivity index (χ0) is 15.4. The van der Waals surface area contributed by atoms with E-state index in [4.69, 9.17) is 0 Å². The Morgan fingerprint density at radius 3 is 2.86 bits per heavy atom. The van der Waals surface area contributed by atoms with E-state index in [1.807, 2.05) is 11.8 Å². The van der Waals surface area contributed by atoms with E-state index < -0.39 is 0 Å². The summed E-state index contributed by atoms with van der Waals surface area (Å²) >= 11 is 0. The van der Waals surface area contributed by atoms with Crippen molar-refractivity contribution in [3.63, 3.8) is 0 Å². The minimum absolute atomic E-state index is 0.0628. The van der Waals surface area contributed by atoms with Crippen LogP contribution in [0.3, 0.4) is 0 Å². The molecule has 1 heterocycles. The Kier molecular flexibility index (Phi) is 5.21. The molecule has 116 valence electrons. The molecule has 0 spiro atoms. The molecule has 2 unspecified atom stereocenters. The number of hydrogen-bond acceptors (Lipinski definition) is 2. The van der Waals surface area contributed by atoms with Crippen molar-refractivity contribution in [3.05, 3.63) is 29.6 Å². The number of para-hydroxylation sites is 1. The van der Waals surface area contributed by atoms with Crippen molar-refractivity contribution in [3.8, 4) is 0 Å². The number of carbonyl (C=O) groups is 1. The number of carbonyl (C=O) groups excluding carboxylic acids is 1. The Morgan fingerprint density at radius 2 is 2.14 bits per heavy atom. The van der Waals surface area contributed by atoms with E-state index in [-0.39, 0.29) is 17.8 Å². The van der Waals surface area contributed by atoms with Crippen molar-refractivity contribution in [2.24, 2.45) is 5.92 Å². The van der Waals surface area contributed by atoms with Crippen LogP contribution in [0.1, 0.15) is 50.4 Å². The van der Waals surface area contributed by atoms with Crippen LogP contribution in [0.2, 0.25) is 0 Å². The Bertz CT molecular complexity index is 504. The molecule has 2 atom stereocenters. The largest absolute Gasteiger partial charge is 0.382 e. The number of nitrogens with zero attached hydrogens (tertiary/aromatic N) is 1. The van der Waals surface area contributed by atoms with E-state index in [9.17, 15) is 9.18 Å². The van der Waals surface area contributed by atoms with Crippen LogP contribution >= 0.6 is 0 Å². The van der Waals surface area contributed by atoms with Gasteiger partial charge in [-0.3, -0.25) is 4.79 Å². The molecule has 4 heteroatoms. The van der Waals surface area contributed by atoms with Gasteiger partial charge in [-0.1, -0.05) is 19.9 Å². The van der Waals surface area contributed by atoms with Gasteiger partial charge in [0.15, 0.2) is 0 Å². The van der Waals surface area contributed by atoms with E-state index in [0.29, 0.717) is 23.7 Å². The minimum Gasteiger partial charge on any atom is -0.382 e. The monoisotopic (exact) mass is 292 g/mol. The number of nitrogens with one attached hydrogen (secondary N) is 1. The highest BCUT2D eigenvalue weighted by Crippen LogP contribution is 2.27. The number of halogens is 1. The highest BCUT2D eigenvalue weighted by molar-refractivity contribution is 6.00. The van der Waals surface area contributed by atoms with Crippen molar-refractivity contribution in [1.29, 1.82) is 0 Å². The van der Waals surface area contributed by atoms with Gasteiger partial charge in [0.2, 0.25) is 0 Å². The maximum absolute atomic E-state index is 14.0. The first-order valence-corrected chi connectivity index (χ1v) is 7.88. The molecule has 0 radical (unpaired) electrons. The third-order valence-corrected chi connectivity index (χ3v) is 4.17. The van der Waals surface area contributed by atoms with Crippen LogP contribution in [0.15, 0.2) is 18.2 Å². The van der Waals surface area contributed by atoms with Crippen LogP contribution in [0, 0.1) is 11.7 Å². The lowest BCUT2D eigenvalue weighted by Crippen LogP contribution is -2.45. The molecule has 1 fully saturated rings. The Morgan fingerprint density at radius 1 is 1.38 bits per heavy atom. The summed E-state index contributed by atoms with van der Waals surface area (Å²) in [5.74, 6) is 0.0879. The zero-order valence-corrected chi connectivity index (χ0v) is 13.2. The maximum atomic E-state index is 14.0. The predicted octanol–water partition coefficient (Wildman–Crippen LogP) is 3.91. The van der Waals surface area contributed by atoms with Crippen LogP contribution in [0.5, 0.6) is 0 Å². The number of amides is 1. The molecule has 1 N–H and O–H groups in total. The number of likely N-dealkylation sites (tertiary alicyclic amines) is 1. The van der Waals surface area contributed by atoms with Gasteiger partial charge >= 0.3 is 0 Å². The van der Waals surface area contributed by atoms with Crippen molar-refractivity contribution < 1.29 is 9.18 Å². The quantitative estimate of drug-likeness (QED) is 0.912. The second kappa shape index (κ2) is 6.92. The number of anilines is 1. The molecular formula is C17H25FN2O. The Labute approximate surface area is 126 Å². The van der Waals surface area contributed by atoms with E-state index in [1.165, 1.54) is 6.07 Å². The Hall–Kier alpha value is -1.58. The third-order valence-electron chi connectivity index (χ3n) is 4.17. The molecule has 1 aromatic carbocycles. The van der Waals surface area contributed by atoms with Crippen LogP contribution in [0.25, 0.3) is 0 Å². The van der Waals surface area contributed by atoms with E-state index in [1.54, 1.807) is 12.1 Å². The molecule has 0 aliphatic carbocycles. The number of piperidine rings is 1. The van der Waals surface area contributed by atoms with E-state index in [2.05, 4.69) is 19.2 Å². The molecular weight excluding hydrogens is 267 g/mol. The molecule has 1 amide bonds. The SMILES string of the molecule is CCCNc1c(F)cccc1C(=O)N1CC(C)CCC1C. The maximum Gasteiger partial charge on any atom is 0.256 e. The second-order valence-corrected chi connectivity index (χ2v) is 6.08. The average Bonchev–Trinajstić information content (AvgIpc) is 2.47. The summed E-state index contributed by atoms with van der Waals surface area (Å²) in [7, 11) is 0.